The van der Waals surface area contributed by atoms with Crippen LogP contribution in [0, 0.1) is 0 Å². The lowest BCUT2D eigenvalue weighted by Gasteiger charge is -2.06. The van der Waals surface area contributed by atoms with E-state index in [1.807, 2.05) is 6.92 Å². The van der Waals surface area contributed by atoms with Crippen LogP contribution >= 0.6 is 0 Å². The average molecular weight is 346 g/mol. The van der Waals surface area contributed by atoms with Gasteiger partial charge >= 0.3 is 6.29 Å². The van der Waals surface area contributed by atoms with Crippen LogP contribution in [0.5, 0.6) is 11.5 Å². The number of fused-ring (bicyclic) bond motifs is 2. The normalized spacial score (nSPS) is 14.7. The van der Waals surface area contributed by atoms with E-state index in [1.165, 1.54) is 18.2 Å². The van der Waals surface area contributed by atoms with E-state index in [9.17, 15) is 13.6 Å². The van der Waals surface area contributed by atoms with E-state index in [-0.39, 0.29) is 11.5 Å². The lowest BCUT2D eigenvalue weighted by Crippen LogP contribution is -2.25. The van der Waals surface area contributed by atoms with Crippen LogP contribution in [0.4, 0.5) is 14.5 Å². The van der Waals surface area contributed by atoms with Crippen molar-refractivity contribution in [3.8, 4) is 11.5 Å². The van der Waals surface area contributed by atoms with E-state index in [0.717, 1.165) is 5.52 Å². The van der Waals surface area contributed by atoms with Crippen LogP contribution in [0.2, 0.25) is 0 Å². The first kappa shape index (κ1) is 15.3. The molecule has 2 aromatic carbocycles. The summed E-state index contributed by atoms with van der Waals surface area (Å²) in [5.41, 5.74) is 2.10. The molecule has 0 saturated heterocycles. The summed E-state index contributed by atoms with van der Waals surface area (Å²) in [5.74, 6) is -0.622. The maximum atomic E-state index is 13.0. The van der Waals surface area contributed by atoms with Gasteiger partial charge in [-0.15, -0.1) is 13.9 Å². The van der Waals surface area contributed by atoms with Crippen molar-refractivity contribution in [1.29, 1.82) is 0 Å². The molecule has 1 aromatic heterocycles. The van der Waals surface area contributed by atoms with Crippen molar-refractivity contribution in [2.75, 3.05) is 5.32 Å². The van der Waals surface area contributed by atoms with Gasteiger partial charge in [0.25, 0.3) is 5.91 Å². The molecule has 7 nitrogen and oxygen atoms in total. The topological polar surface area (TPSA) is 78.3 Å². The van der Waals surface area contributed by atoms with Crippen LogP contribution in [0.15, 0.2) is 36.4 Å². The third kappa shape index (κ3) is 2.73. The summed E-state index contributed by atoms with van der Waals surface area (Å²) >= 11 is 0. The molecule has 4 rings (SSSR count). The number of nitrogens with one attached hydrogen (secondary N) is 1. The highest BCUT2D eigenvalue weighted by Crippen LogP contribution is 2.42. The second-order valence-corrected chi connectivity index (χ2v) is 5.39. The maximum absolute atomic E-state index is 13.0. The molecular formula is C16H12F2N4O3. The molecule has 0 atom stereocenters. The van der Waals surface area contributed by atoms with Gasteiger partial charge in [0, 0.05) is 23.9 Å². The zero-order chi connectivity index (χ0) is 17.6. The lowest BCUT2D eigenvalue weighted by atomic mass is 10.1. The summed E-state index contributed by atoms with van der Waals surface area (Å²) in [6.07, 6.45) is -3.69. The van der Waals surface area contributed by atoms with Crippen molar-refractivity contribution < 1.29 is 23.0 Å². The first-order valence-corrected chi connectivity index (χ1v) is 7.50. The zero-order valence-corrected chi connectivity index (χ0v) is 13.0. The Bertz CT molecular complexity index is 987. The fraction of sp³-hybridized carbons (Fsp3) is 0.188. The van der Waals surface area contributed by atoms with Gasteiger partial charge in [0.15, 0.2) is 11.5 Å². The minimum atomic E-state index is -3.69. The highest BCUT2D eigenvalue weighted by molar-refractivity contribution is 6.06. The molecule has 0 spiro atoms. The molecule has 0 saturated carbocycles. The predicted molar refractivity (Wildman–Crippen MR) is 83.8 cm³/mol. The molecule has 9 heteroatoms. The van der Waals surface area contributed by atoms with Gasteiger partial charge in [0.2, 0.25) is 0 Å². The second kappa shape index (κ2) is 5.40. The first-order valence-electron chi connectivity index (χ1n) is 7.50. The number of aryl methyl sites for hydroxylation is 1. The van der Waals surface area contributed by atoms with Gasteiger partial charge < -0.3 is 14.8 Å². The Labute approximate surface area is 140 Å². The smallest absolute Gasteiger partial charge is 0.395 e. The average Bonchev–Trinajstić information content (AvgIpc) is 3.12. The quantitative estimate of drug-likeness (QED) is 0.789. The van der Waals surface area contributed by atoms with E-state index >= 15 is 0 Å². The molecule has 128 valence electrons. The maximum Gasteiger partial charge on any atom is 0.586 e. The van der Waals surface area contributed by atoms with Crippen LogP contribution in [-0.4, -0.2) is 27.2 Å². The van der Waals surface area contributed by atoms with E-state index in [0.29, 0.717) is 23.3 Å². The lowest BCUT2D eigenvalue weighted by molar-refractivity contribution is -0.286. The number of aromatic nitrogens is 3. The van der Waals surface area contributed by atoms with Gasteiger partial charge in [-0.2, -0.15) is 0 Å². The molecule has 0 aliphatic carbocycles. The highest BCUT2D eigenvalue weighted by atomic mass is 19.3. The van der Waals surface area contributed by atoms with Crippen molar-refractivity contribution in [2.45, 2.75) is 19.8 Å². The van der Waals surface area contributed by atoms with E-state index in [1.54, 1.807) is 22.9 Å². The molecule has 1 aliphatic rings. The highest BCUT2D eigenvalue weighted by Gasteiger charge is 2.43. The predicted octanol–water partition coefficient (Wildman–Crippen LogP) is 3.03. The number of ether oxygens (including phenoxy) is 2. The number of alkyl halides is 2. The molecule has 25 heavy (non-hydrogen) atoms. The third-order valence-corrected chi connectivity index (χ3v) is 3.73. The summed E-state index contributed by atoms with van der Waals surface area (Å²) in [7, 11) is 0. The number of halogens is 2. The summed E-state index contributed by atoms with van der Waals surface area (Å²) in [4.78, 5) is 12.4. The number of hydrogen-bond donors (Lipinski definition) is 1. The molecule has 0 bridgehead atoms. The van der Waals surface area contributed by atoms with Gasteiger partial charge in [-0.1, -0.05) is 5.21 Å². The van der Waals surface area contributed by atoms with Gasteiger partial charge in [0.1, 0.15) is 5.52 Å². The molecule has 0 unspecified atom stereocenters. The summed E-state index contributed by atoms with van der Waals surface area (Å²) in [6, 6.07) is 9.06. The van der Waals surface area contributed by atoms with E-state index in [4.69, 9.17) is 0 Å². The molecule has 1 amide bonds. The van der Waals surface area contributed by atoms with Crippen LogP contribution in [-0.2, 0) is 6.54 Å². The van der Waals surface area contributed by atoms with Crippen LogP contribution in [0.3, 0.4) is 0 Å². The van der Waals surface area contributed by atoms with Crippen LogP contribution < -0.4 is 14.8 Å². The number of hydrogen-bond acceptors (Lipinski definition) is 5. The molecule has 1 aliphatic heterocycles. The molecule has 1 N–H and O–H groups in total. The number of anilines is 1. The number of benzene rings is 2. The van der Waals surface area contributed by atoms with Crippen molar-refractivity contribution in [3.63, 3.8) is 0 Å². The third-order valence-electron chi connectivity index (χ3n) is 3.73. The summed E-state index contributed by atoms with van der Waals surface area (Å²) in [5, 5.41) is 10.6. The second-order valence-electron chi connectivity index (χ2n) is 5.39. The fourth-order valence-corrected chi connectivity index (χ4v) is 2.58. The number of carbonyl (C=O) groups excluding carboxylic acids is 1. The van der Waals surface area contributed by atoms with Gasteiger partial charge in [-0.25, -0.2) is 4.68 Å². The molecule has 0 fully saturated rings. The first-order chi connectivity index (χ1) is 11.9. The molecule has 2 heterocycles. The standard InChI is InChI=1S/C16H12F2N4O3/c1-2-22-12-5-3-9(7-11(12)20-21-22)15(23)19-10-4-6-13-14(8-10)25-16(17,18)24-13/h3-8H,2H2,1H3,(H,19,23). The van der Waals surface area contributed by atoms with Crippen LogP contribution in [0.1, 0.15) is 17.3 Å². The van der Waals surface area contributed by atoms with Gasteiger partial charge in [-0.05, 0) is 37.3 Å². The number of nitrogens with zero attached hydrogens (tertiary/aromatic N) is 3. The Balaban J connectivity index is 1.56. The Kier molecular flexibility index (Phi) is 3.31. The minimum Gasteiger partial charge on any atom is -0.395 e. The Morgan fingerprint density at radius 3 is 2.80 bits per heavy atom. The van der Waals surface area contributed by atoms with Crippen molar-refractivity contribution in [2.24, 2.45) is 0 Å². The van der Waals surface area contributed by atoms with E-state index in [2.05, 4.69) is 25.1 Å². The molecule has 0 radical (unpaired) electrons. The van der Waals surface area contributed by atoms with Gasteiger partial charge in [-0.3, -0.25) is 4.79 Å². The van der Waals surface area contributed by atoms with Crippen molar-refractivity contribution in [1.82, 2.24) is 15.0 Å². The minimum absolute atomic E-state index is 0.0828. The number of rotatable bonds is 3. The SMILES string of the molecule is CCn1nnc2cc(C(=O)Nc3ccc4c(c3)OC(F)(F)O4)ccc21. The molecular weight excluding hydrogens is 334 g/mol. The van der Waals surface area contributed by atoms with E-state index < -0.39 is 12.2 Å². The molecule has 3 aromatic rings. The van der Waals surface area contributed by atoms with Crippen molar-refractivity contribution >= 4 is 22.6 Å². The number of carbonyl (C=O) groups is 1. The van der Waals surface area contributed by atoms with Crippen LogP contribution in [0.25, 0.3) is 11.0 Å². The fourth-order valence-electron chi connectivity index (χ4n) is 2.58. The monoisotopic (exact) mass is 346 g/mol. The number of amides is 1. The summed E-state index contributed by atoms with van der Waals surface area (Å²) in [6.45, 7) is 2.61. The Hall–Kier alpha value is -3.23. The summed E-state index contributed by atoms with van der Waals surface area (Å²) < 4.78 is 36.5. The Morgan fingerprint density at radius 2 is 2.00 bits per heavy atom. The largest absolute Gasteiger partial charge is 0.586 e. The Morgan fingerprint density at radius 1 is 1.20 bits per heavy atom. The zero-order valence-electron chi connectivity index (χ0n) is 13.0. The van der Waals surface area contributed by atoms with Crippen molar-refractivity contribution in [3.05, 3.63) is 42.0 Å². The van der Waals surface area contributed by atoms with Gasteiger partial charge in [0.05, 0.1) is 5.52 Å².